The first-order chi connectivity index (χ1) is 10.7. The van der Waals surface area contributed by atoms with Crippen molar-refractivity contribution in [3.8, 4) is 11.8 Å². The van der Waals surface area contributed by atoms with Gasteiger partial charge < -0.3 is 10.5 Å². The second kappa shape index (κ2) is 7.57. The molecule has 0 saturated carbocycles. The Morgan fingerprint density at radius 2 is 2.09 bits per heavy atom. The molecule has 1 aromatic heterocycles. The van der Waals surface area contributed by atoms with Gasteiger partial charge in [0.1, 0.15) is 4.60 Å². The van der Waals surface area contributed by atoms with Crippen LogP contribution in [-0.2, 0) is 4.74 Å². The average Bonchev–Trinajstić information content (AvgIpc) is 2.55. The molecule has 1 atom stereocenters. The van der Waals surface area contributed by atoms with Crippen LogP contribution in [0, 0.1) is 11.8 Å². The summed E-state index contributed by atoms with van der Waals surface area (Å²) in [7, 11) is 1.61. The summed E-state index contributed by atoms with van der Waals surface area (Å²) < 4.78 is 6.48. The topological polar surface area (TPSA) is 73.4 Å². The number of aromatic nitrogens is 2. The van der Waals surface area contributed by atoms with Crippen LogP contribution in [0.3, 0.4) is 0 Å². The van der Waals surface area contributed by atoms with Crippen molar-refractivity contribution in [3.63, 3.8) is 0 Å². The van der Waals surface area contributed by atoms with Crippen molar-refractivity contribution in [1.29, 1.82) is 0 Å². The number of anilines is 1. The van der Waals surface area contributed by atoms with Gasteiger partial charge in [-0.2, -0.15) is 0 Å². The summed E-state index contributed by atoms with van der Waals surface area (Å²) >= 11 is 3.27. The second-order valence-electron chi connectivity index (χ2n) is 4.26. The van der Waals surface area contributed by atoms with Crippen LogP contribution in [0.25, 0.3) is 0 Å². The minimum Gasteiger partial charge on any atom is -0.455 e. The van der Waals surface area contributed by atoms with E-state index >= 15 is 0 Å². The first kappa shape index (κ1) is 16.0. The van der Waals surface area contributed by atoms with E-state index in [9.17, 15) is 0 Å². The number of hydrogen-bond donors (Lipinski definition) is 1. The van der Waals surface area contributed by atoms with Crippen LogP contribution in [0.2, 0.25) is 0 Å². The van der Waals surface area contributed by atoms with Gasteiger partial charge in [0.2, 0.25) is 5.90 Å². The maximum Gasteiger partial charge on any atom is 0.240 e. The quantitative estimate of drug-likeness (QED) is 0.520. The zero-order valence-electron chi connectivity index (χ0n) is 12.2. The van der Waals surface area contributed by atoms with E-state index in [1.54, 1.807) is 14.0 Å². The van der Waals surface area contributed by atoms with Crippen molar-refractivity contribution in [2.75, 3.05) is 12.8 Å². The molecule has 0 amide bonds. The molecular weight excluding hydrogens is 344 g/mol. The molecule has 1 aromatic carbocycles. The predicted octanol–water partition coefficient (Wildman–Crippen LogP) is 2.98. The average molecular weight is 359 g/mol. The van der Waals surface area contributed by atoms with Crippen molar-refractivity contribution in [3.05, 3.63) is 52.4 Å². The first-order valence-electron chi connectivity index (χ1n) is 6.54. The lowest BCUT2D eigenvalue weighted by Crippen LogP contribution is -2.16. The molecular formula is C16H15BrN4O. The second-order valence-corrected chi connectivity index (χ2v) is 5.07. The standard InChI is InChI=1S/C16H15BrN4O/c1-3-7-12(11-8-5-4-6-9-11)22-16(19-2)14-15(18)20-10-13(17)21-14/h4-6,8-10,12H,1-2H3,(H2,18,20). The lowest BCUT2D eigenvalue weighted by molar-refractivity contribution is 0.250. The number of rotatable bonds is 3. The van der Waals surface area contributed by atoms with E-state index in [-0.39, 0.29) is 5.82 Å². The Balaban J connectivity index is 2.35. The zero-order chi connectivity index (χ0) is 15.9. The number of ether oxygens (including phenoxy) is 1. The van der Waals surface area contributed by atoms with Gasteiger partial charge in [-0.15, -0.1) is 5.92 Å². The molecule has 2 N–H and O–H groups in total. The highest BCUT2D eigenvalue weighted by Crippen LogP contribution is 2.20. The van der Waals surface area contributed by atoms with Crippen LogP contribution in [0.4, 0.5) is 5.82 Å². The predicted molar refractivity (Wildman–Crippen MR) is 90.3 cm³/mol. The van der Waals surface area contributed by atoms with Crippen molar-refractivity contribution < 1.29 is 4.74 Å². The molecule has 0 aliphatic carbocycles. The smallest absolute Gasteiger partial charge is 0.240 e. The highest BCUT2D eigenvalue weighted by Gasteiger charge is 2.18. The molecule has 0 saturated heterocycles. The van der Waals surface area contributed by atoms with Gasteiger partial charge in [0.25, 0.3) is 0 Å². The Morgan fingerprint density at radius 1 is 1.36 bits per heavy atom. The van der Waals surface area contributed by atoms with Crippen LogP contribution in [0.15, 0.2) is 46.1 Å². The van der Waals surface area contributed by atoms with Gasteiger partial charge in [-0.25, -0.2) is 9.97 Å². The number of nitrogens with zero attached hydrogens (tertiary/aromatic N) is 3. The van der Waals surface area contributed by atoms with Gasteiger partial charge in [-0.05, 0) is 22.9 Å². The summed E-state index contributed by atoms with van der Waals surface area (Å²) in [6.45, 7) is 1.76. The first-order valence-corrected chi connectivity index (χ1v) is 7.34. The number of nitrogens with two attached hydrogens (primary N) is 1. The van der Waals surface area contributed by atoms with Crippen LogP contribution in [-0.4, -0.2) is 22.9 Å². The monoisotopic (exact) mass is 358 g/mol. The Hall–Kier alpha value is -2.39. The van der Waals surface area contributed by atoms with Crippen LogP contribution in [0.1, 0.15) is 24.3 Å². The third kappa shape index (κ3) is 3.83. The van der Waals surface area contributed by atoms with E-state index in [1.807, 2.05) is 30.3 Å². The Kier molecular flexibility index (Phi) is 5.50. The molecule has 1 heterocycles. The van der Waals surface area contributed by atoms with Crippen LogP contribution in [0.5, 0.6) is 0 Å². The number of halogens is 1. The number of hydrogen-bond acceptors (Lipinski definition) is 5. The zero-order valence-corrected chi connectivity index (χ0v) is 13.8. The number of aliphatic imine (C=N–C) groups is 1. The summed E-state index contributed by atoms with van der Waals surface area (Å²) in [5, 5.41) is 0. The lowest BCUT2D eigenvalue weighted by atomic mass is 10.1. The van der Waals surface area contributed by atoms with Crippen LogP contribution < -0.4 is 5.73 Å². The normalized spacial score (nSPS) is 12.2. The van der Waals surface area contributed by atoms with Crippen molar-refractivity contribution in [2.24, 2.45) is 4.99 Å². The third-order valence-electron chi connectivity index (χ3n) is 2.78. The van der Waals surface area contributed by atoms with Gasteiger partial charge in [0, 0.05) is 12.6 Å². The molecule has 0 spiro atoms. The minimum absolute atomic E-state index is 0.250. The summed E-state index contributed by atoms with van der Waals surface area (Å²) in [6.07, 6.45) is 1.07. The Morgan fingerprint density at radius 3 is 2.73 bits per heavy atom. The molecule has 5 nitrogen and oxygen atoms in total. The molecule has 2 rings (SSSR count). The molecule has 22 heavy (non-hydrogen) atoms. The maximum atomic E-state index is 5.92. The van der Waals surface area contributed by atoms with E-state index in [1.165, 1.54) is 6.20 Å². The van der Waals surface area contributed by atoms with Gasteiger partial charge in [-0.1, -0.05) is 36.3 Å². The summed E-state index contributed by atoms with van der Waals surface area (Å²) in [5.74, 6) is 6.42. The summed E-state index contributed by atoms with van der Waals surface area (Å²) in [4.78, 5) is 12.5. The highest BCUT2D eigenvalue weighted by atomic mass is 79.9. The van der Waals surface area contributed by atoms with E-state index in [2.05, 4.69) is 42.7 Å². The fraction of sp³-hybridized carbons (Fsp3) is 0.188. The molecule has 0 bridgehead atoms. The Labute approximate surface area is 137 Å². The molecule has 1 unspecified atom stereocenters. The van der Waals surface area contributed by atoms with E-state index in [0.29, 0.717) is 16.2 Å². The molecule has 0 aliphatic rings. The minimum atomic E-state index is -0.454. The molecule has 0 radical (unpaired) electrons. The van der Waals surface area contributed by atoms with Gasteiger partial charge in [-0.3, -0.25) is 4.99 Å². The fourth-order valence-electron chi connectivity index (χ4n) is 1.80. The fourth-order valence-corrected chi connectivity index (χ4v) is 2.08. The van der Waals surface area contributed by atoms with Crippen molar-refractivity contribution in [2.45, 2.75) is 13.0 Å². The lowest BCUT2D eigenvalue weighted by Gasteiger charge is -2.16. The van der Waals surface area contributed by atoms with E-state index in [0.717, 1.165) is 5.56 Å². The van der Waals surface area contributed by atoms with Crippen LogP contribution >= 0.6 is 15.9 Å². The maximum absolute atomic E-state index is 5.92. The molecule has 112 valence electrons. The van der Waals surface area contributed by atoms with E-state index in [4.69, 9.17) is 10.5 Å². The summed E-state index contributed by atoms with van der Waals surface area (Å²) in [5.41, 5.74) is 7.18. The molecule has 2 aromatic rings. The number of benzene rings is 1. The van der Waals surface area contributed by atoms with E-state index < -0.39 is 6.10 Å². The molecule has 0 fully saturated rings. The summed E-state index contributed by atoms with van der Waals surface area (Å²) in [6, 6.07) is 9.68. The van der Waals surface area contributed by atoms with Crippen molar-refractivity contribution in [1.82, 2.24) is 9.97 Å². The third-order valence-corrected chi connectivity index (χ3v) is 3.17. The van der Waals surface area contributed by atoms with Gasteiger partial charge in [0.15, 0.2) is 17.6 Å². The molecule has 6 heteroatoms. The largest absolute Gasteiger partial charge is 0.455 e. The van der Waals surface area contributed by atoms with Gasteiger partial charge >= 0.3 is 0 Å². The Bertz CT molecular complexity index is 735. The van der Waals surface area contributed by atoms with Crippen molar-refractivity contribution >= 4 is 27.6 Å². The number of nitrogen functional groups attached to an aromatic ring is 1. The SMILES string of the molecule is CC#CC(OC(=NC)c1nc(Br)cnc1N)c1ccccc1. The molecule has 0 aliphatic heterocycles. The highest BCUT2D eigenvalue weighted by molar-refractivity contribution is 9.10. The van der Waals surface area contributed by atoms with Gasteiger partial charge in [0.05, 0.1) is 6.20 Å².